The van der Waals surface area contributed by atoms with Gasteiger partial charge in [0.2, 0.25) is 5.75 Å². The molecule has 1 heterocycles. The zero-order chi connectivity index (χ0) is 20.3. The Hall–Kier alpha value is -3.72. The van der Waals surface area contributed by atoms with Crippen LogP contribution >= 0.6 is 11.6 Å². The molecular weight excluding hydrogens is 388 g/mol. The van der Waals surface area contributed by atoms with Gasteiger partial charge in [0, 0.05) is 11.6 Å². The quantitative estimate of drug-likeness (QED) is 0.295. The van der Waals surface area contributed by atoms with E-state index in [2.05, 4.69) is 16.7 Å². The minimum absolute atomic E-state index is 0.0164. The third-order valence-electron chi connectivity index (χ3n) is 3.69. The largest absolute Gasteiger partial charge is 0.482 e. The van der Waals surface area contributed by atoms with Gasteiger partial charge >= 0.3 is 11.4 Å². The number of nitro benzene ring substituents is 1. The number of aromatic nitrogens is 2. The fourth-order valence-corrected chi connectivity index (χ4v) is 2.75. The van der Waals surface area contributed by atoms with Gasteiger partial charge in [-0.2, -0.15) is 5.10 Å². The van der Waals surface area contributed by atoms with E-state index < -0.39 is 16.2 Å². The van der Waals surface area contributed by atoms with E-state index in [4.69, 9.17) is 16.3 Å². The molecular formula is C18H13ClN4O5. The maximum atomic E-state index is 12.5. The fraction of sp³-hybridized carbons (Fsp3) is 0.0556. The molecule has 1 aromatic heterocycles. The van der Waals surface area contributed by atoms with Crippen LogP contribution < -0.4 is 16.0 Å². The van der Waals surface area contributed by atoms with E-state index in [1.54, 1.807) is 24.3 Å². The predicted octanol–water partition coefficient (Wildman–Crippen LogP) is 2.70. The van der Waals surface area contributed by atoms with Crippen LogP contribution in [-0.2, 0) is 0 Å². The molecule has 0 spiro atoms. The van der Waals surface area contributed by atoms with E-state index in [1.807, 2.05) is 0 Å². The standard InChI is InChI=1S/C18H13ClN4O5/c1-2-7-28-16-13(19)8-11(9-15(16)23(26)27)10-20-22-17(24)12-5-3-4-6-14(12)21-18(22)25/h2-6,8-10H,1,7H2,(H,21,25). The zero-order valence-electron chi connectivity index (χ0n) is 14.3. The predicted molar refractivity (Wildman–Crippen MR) is 106 cm³/mol. The summed E-state index contributed by atoms with van der Waals surface area (Å²) in [6.45, 7) is 3.51. The van der Waals surface area contributed by atoms with Crippen molar-refractivity contribution in [2.75, 3.05) is 6.61 Å². The van der Waals surface area contributed by atoms with Crippen LogP contribution in [0.5, 0.6) is 5.75 Å². The lowest BCUT2D eigenvalue weighted by atomic mass is 10.2. The molecule has 0 unspecified atom stereocenters. The lowest BCUT2D eigenvalue weighted by molar-refractivity contribution is -0.385. The van der Waals surface area contributed by atoms with Crippen LogP contribution in [0.2, 0.25) is 5.02 Å². The Labute approximate surface area is 162 Å². The molecule has 3 rings (SSSR count). The molecule has 0 aliphatic carbocycles. The monoisotopic (exact) mass is 400 g/mol. The van der Waals surface area contributed by atoms with Crippen molar-refractivity contribution in [1.29, 1.82) is 0 Å². The molecule has 0 saturated heterocycles. The third-order valence-corrected chi connectivity index (χ3v) is 3.98. The van der Waals surface area contributed by atoms with Gasteiger partial charge in [-0.3, -0.25) is 14.9 Å². The second-order valence-corrected chi connectivity index (χ2v) is 5.95. The van der Waals surface area contributed by atoms with Crippen LogP contribution in [0.15, 0.2) is 63.7 Å². The average Bonchev–Trinajstić information content (AvgIpc) is 2.66. The first-order chi connectivity index (χ1) is 13.4. The molecule has 0 saturated carbocycles. The van der Waals surface area contributed by atoms with Crippen molar-refractivity contribution in [3.05, 3.63) is 90.6 Å². The maximum absolute atomic E-state index is 12.5. The maximum Gasteiger partial charge on any atom is 0.349 e. The highest BCUT2D eigenvalue weighted by molar-refractivity contribution is 6.32. The van der Waals surface area contributed by atoms with Crippen LogP contribution in [0, 0.1) is 10.1 Å². The van der Waals surface area contributed by atoms with Gasteiger partial charge in [-0.25, -0.2) is 4.79 Å². The zero-order valence-corrected chi connectivity index (χ0v) is 15.0. The van der Waals surface area contributed by atoms with Gasteiger partial charge in [0.1, 0.15) is 6.61 Å². The van der Waals surface area contributed by atoms with Crippen molar-refractivity contribution in [1.82, 2.24) is 9.66 Å². The Kier molecular flexibility index (Phi) is 5.37. The number of nitrogens with one attached hydrogen (secondary N) is 1. The van der Waals surface area contributed by atoms with Crippen molar-refractivity contribution < 1.29 is 9.66 Å². The normalized spacial score (nSPS) is 11.0. The average molecular weight is 401 g/mol. The lowest BCUT2D eigenvalue weighted by Crippen LogP contribution is -2.32. The molecule has 10 heteroatoms. The summed E-state index contributed by atoms with van der Waals surface area (Å²) in [4.78, 5) is 37.8. The van der Waals surface area contributed by atoms with Gasteiger partial charge < -0.3 is 9.72 Å². The smallest absolute Gasteiger partial charge is 0.349 e. The minimum Gasteiger partial charge on any atom is -0.482 e. The Balaban J connectivity index is 2.07. The summed E-state index contributed by atoms with van der Waals surface area (Å²) >= 11 is 6.07. The second kappa shape index (κ2) is 7.89. The second-order valence-electron chi connectivity index (χ2n) is 5.55. The number of aromatic amines is 1. The number of hydrogen-bond donors (Lipinski definition) is 1. The summed E-state index contributed by atoms with van der Waals surface area (Å²) in [5.74, 6) is -0.107. The Bertz CT molecular complexity index is 1230. The number of ether oxygens (including phenoxy) is 1. The van der Waals surface area contributed by atoms with Crippen LogP contribution in [0.25, 0.3) is 10.9 Å². The van der Waals surface area contributed by atoms with Gasteiger partial charge in [0.05, 0.1) is 27.1 Å². The van der Waals surface area contributed by atoms with Gasteiger partial charge in [0.15, 0.2) is 0 Å². The highest BCUT2D eigenvalue weighted by atomic mass is 35.5. The number of hydrogen-bond acceptors (Lipinski definition) is 6. The van der Waals surface area contributed by atoms with Crippen molar-refractivity contribution in [3.8, 4) is 5.75 Å². The van der Waals surface area contributed by atoms with E-state index in [-0.39, 0.29) is 34.0 Å². The first-order valence-electron chi connectivity index (χ1n) is 7.92. The molecule has 0 fully saturated rings. The minimum atomic E-state index is -0.744. The molecule has 9 nitrogen and oxygen atoms in total. The number of para-hydroxylation sites is 1. The van der Waals surface area contributed by atoms with Crippen molar-refractivity contribution >= 4 is 34.4 Å². The van der Waals surface area contributed by atoms with Gasteiger partial charge in [-0.15, -0.1) is 4.68 Å². The number of nitro groups is 1. The molecule has 1 N–H and O–H groups in total. The number of nitrogens with zero attached hydrogens (tertiary/aromatic N) is 3. The van der Waals surface area contributed by atoms with Crippen LogP contribution in [0.1, 0.15) is 5.56 Å². The molecule has 0 amide bonds. The summed E-state index contributed by atoms with van der Waals surface area (Å²) in [6, 6.07) is 9.03. The number of H-pyrrole nitrogens is 1. The Morgan fingerprint density at radius 1 is 1.32 bits per heavy atom. The van der Waals surface area contributed by atoms with Crippen LogP contribution in [0.4, 0.5) is 5.69 Å². The summed E-state index contributed by atoms with van der Waals surface area (Å²) in [5, 5.41) is 15.4. The van der Waals surface area contributed by atoms with Crippen molar-refractivity contribution in [3.63, 3.8) is 0 Å². The van der Waals surface area contributed by atoms with Crippen LogP contribution in [-0.4, -0.2) is 27.4 Å². The topological polar surface area (TPSA) is 120 Å². The Morgan fingerprint density at radius 2 is 2.07 bits per heavy atom. The molecule has 3 aromatic rings. The van der Waals surface area contributed by atoms with E-state index in [0.29, 0.717) is 10.2 Å². The highest BCUT2D eigenvalue weighted by Crippen LogP contribution is 2.35. The molecule has 2 aromatic carbocycles. The number of benzene rings is 2. The summed E-state index contributed by atoms with van der Waals surface area (Å²) < 4.78 is 5.87. The van der Waals surface area contributed by atoms with Crippen molar-refractivity contribution in [2.45, 2.75) is 0 Å². The summed E-state index contributed by atoms with van der Waals surface area (Å²) in [6.07, 6.45) is 2.55. The molecule has 0 aliphatic heterocycles. The van der Waals surface area contributed by atoms with Gasteiger partial charge in [-0.05, 0) is 18.2 Å². The van der Waals surface area contributed by atoms with Crippen LogP contribution in [0.3, 0.4) is 0 Å². The fourth-order valence-electron chi connectivity index (χ4n) is 2.48. The van der Waals surface area contributed by atoms with E-state index in [0.717, 1.165) is 6.21 Å². The third kappa shape index (κ3) is 3.69. The molecule has 0 atom stereocenters. The lowest BCUT2D eigenvalue weighted by Gasteiger charge is -2.07. The Morgan fingerprint density at radius 3 is 2.79 bits per heavy atom. The molecule has 0 bridgehead atoms. The first-order valence-corrected chi connectivity index (χ1v) is 8.30. The van der Waals surface area contributed by atoms with Gasteiger partial charge in [0.25, 0.3) is 5.56 Å². The summed E-state index contributed by atoms with van der Waals surface area (Å²) in [7, 11) is 0. The van der Waals surface area contributed by atoms with Gasteiger partial charge in [-0.1, -0.05) is 36.4 Å². The first kappa shape index (κ1) is 19.1. The number of halogens is 1. The molecule has 0 radical (unpaired) electrons. The van der Waals surface area contributed by atoms with E-state index in [9.17, 15) is 19.7 Å². The van der Waals surface area contributed by atoms with Crippen molar-refractivity contribution in [2.24, 2.45) is 5.10 Å². The number of fused-ring (bicyclic) bond motifs is 1. The van der Waals surface area contributed by atoms with E-state index in [1.165, 1.54) is 18.2 Å². The summed E-state index contributed by atoms with van der Waals surface area (Å²) in [5.41, 5.74) is -1.15. The molecule has 28 heavy (non-hydrogen) atoms. The molecule has 0 aliphatic rings. The molecule has 142 valence electrons. The SMILES string of the molecule is C=CCOc1c(Cl)cc(C=Nn2c(=O)[nH]c3ccccc3c2=O)cc1[N+](=O)[O-]. The van der Waals surface area contributed by atoms with E-state index >= 15 is 0 Å². The number of rotatable bonds is 6. The highest BCUT2D eigenvalue weighted by Gasteiger charge is 2.20.